The van der Waals surface area contributed by atoms with E-state index in [0.717, 1.165) is 29.2 Å². The number of nitrogens with one attached hydrogen (secondary N) is 2. The fraction of sp³-hybridized carbons (Fsp3) is 0.0909. The molecule has 0 aliphatic heterocycles. The van der Waals surface area contributed by atoms with Crippen LogP contribution in [0, 0.1) is 16.3 Å². The number of carbonyl (C=O) groups is 1. The van der Waals surface area contributed by atoms with Gasteiger partial charge in [-0.2, -0.15) is 5.10 Å². The molecule has 0 radical (unpaired) electrons. The molecule has 0 saturated carbocycles. The van der Waals surface area contributed by atoms with Crippen molar-refractivity contribution in [2.45, 2.75) is 13.5 Å². The zero-order valence-corrected chi connectivity index (χ0v) is 21.6. The van der Waals surface area contributed by atoms with Gasteiger partial charge in [-0.3, -0.25) is 0 Å². The van der Waals surface area contributed by atoms with Crippen molar-refractivity contribution in [3.63, 3.8) is 0 Å². The number of hydrogen-bond donors (Lipinski definition) is 2. The van der Waals surface area contributed by atoms with Crippen LogP contribution < -0.4 is 15.5 Å². The third kappa shape index (κ3) is 7.01. The summed E-state index contributed by atoms with van der Waals surface area (Å²) in [5.41, 5.74) is 5.64. The van der Waals surface area contributed by atoms with E-state index in [-0.39, 0.29) is 12.4 Å². The standard InChI is InChI=1S/C22H17Br2FIN3O2/c1-13-7-17(5-6-18(13)23)28-22(30)29-27-11-15-9-19(24)21(20(26)10-15)31-12-14-3-2-4-16(25)8-14/h2-11H,12H2,1H3,(H2,28,29,30)/b27-11+. The number of anilines is 1. The Morgan fingerprint density at radius 2 is 1.97 bits per heavy atom. The van der Waals surface area contributed by atoms with Gasteiger partial charge in [0.15, 0.2) is 0 Å². The van der Waals surface area contributed by atoms with E-state index in [1.54, 1.807) is 18.2 Å². The Morgan fingerprint density at radius 1 is 1.16 bits per heavy atom. The average Bonchev–Trinajstić information content (AvgIpc) is 2.70. The third-order valence-corrected chi connectivity index (χ3v) is 6.37. The normalized spacial score (nSPS) is 10.9. The van der Waals surface area contributed by atoms with Gasteiger partial charge in [0.2, 0.25) is 0 Å². The highest BCUT2D eigenvalue weighted by Gasteiger charge is 2.09. The number of urea groups is 1. The summed E-state index contributed by atoms with van der Waals surface area (Å²) in [6, 6.07) is 15.0. The second-order valence-electron chi connectivity index (χ2n) is 6.52. The minimum absolute atomic E-state index is 0.247. The highest BCUT2D eigenvalue weighted by Crippen LogP contribution is 2.32. The number of benzene rings is 3. The summed E-state index contributed by atoms with van der Waals surface area (Å²) in [5.74, 6) is 0.353. The largest absolute Gasteiger partial charge is 0.487 e. The molecule has 0 bridgehead atoms. The molecule has 0 unspecified atom stereocenters. The average molecular weight is 661 g/mol. The van der Waals surface area contributed by atoms with Crippen LogP contribution in [0.4, 0.5) is 14.9 Å². The molecule has 31 heavy (non-hydrogen) atoms. The third-order valence-electron chi connectivity index (χ3n) is 4.09. The predicted octanol–water partition coefficient (Wildman–Crippen LogP) is 7.00. The fourth-order valence-corrected chi connectivity index (χ4v) is 4.64. The number of nitrogens with zero attached hydrogens (tertiary/aromatic N) is 1. The monoisotopic (exact) mass is 659 g/mol. The summed E-state index contributed by atoms with van der Waals surface area (Å²) in [5, 5.41) is 6.71. The van der Waals surface area contributed by atoms with Crippen LogP contribution in [0.25, 0.3) is 0 Å². The first-order valence-corrected chi connectivity index (χ1v) is 11.7. The van der Waals surface area contributed by atoms with Crippen molar-refractivity contribution < 1.29 is 13.9 Å². The van der Waals surface area contributed by atoms with E-state index >= 15 is 0 Å². The van der Waals surface area contributed by atoms with Crippen molar-refractivity contribution >= 4 is 72.4 Å². The molecule has 3 aromatic rings. The first-order chi connectivity index (χ1) is 14.8. The lowest BCUT2D eigenvalue weighted by molar-refractivity contribution is 0.252. The quantitative estimate of drug-likeness (QED) is 0.170. The number of rotatable bonds is 6. The molecule has 2 amide bonds. The van der Waals surface area contributed by atoms with Crippen molar-refractivity contribution in [3.05, 3.63) is 89.6 Å². The van der Waals surface area contributed by atoms with Crippen LogP contribution in [-0.2, 0) is 6.61 Å². The zero-order valence-electron chi connectivity index (χ0n) is 16.3. The zero-order chi connectivity index (χ0) is 22.4. The van der Waals surface area contributed by atoms with E-state index in [9.17, 15) is 9.18 Å². The Kier molecular flexibility index (Phi) is 8.44. The smallest absolute Gasteiger partial charge is 0.339 e. The summed E-state index contributed by atoms with van der Waals surface area (Å²) >= 11 is 9.07. The summed E-state index contributed by atoms with van der Waals surface area (Å²) in [7, 11) is 0. The van der Waals surface area contributed by atoms with Crippen LogP contribution in [0.1, 0.15) is 16.7 Å². The molecule has 9 heteroatoms. The molecule has 0 aliphatic carbocycles. The molecule has 3 rings (SSSR count). The maximum Gasteiger partial charge on any atom is 0.339 e. The first kappa shape index (κ1) is 23.7. The van der Waals surface area contributed by atoms with Crippen molar-refractivity contribution in [1.82, 2.24) is 5.43 Å². The molecule has 3 aromatic carbocycles. The molecule has 160 valence electrons. The van der Waals surface area contributed by atoms with Gasteiger partial charge < -0.3 is 10.1 Å². The number of aryl methyl sites for hydroxylation is 1. The molecule has 0 heterocycles. The van der Waals surface area contributed by atoms with Crippen LogP contribution >= 0.6 is 54.5 Å². The summed E-state index contributed by atoms with van der Waals surface area (Å²) in [6.45, 7) is 2.19. The van der Waals surface area contributed by atoms with Crippen molar-refractivity contribution in [1.29, 1.82) is 0 Å². The molecular weight excluding hydrogens is 644 g/mol. The van der Waals surface area contributed by atoms with Gasteiger partial charge in [0, 0.05) is 10.2 Å². The van der Waals surface area contributed by atoms with Gasteiger partial charge in [-0.05, 0) is 105 Å². The minimum atomic E-state index is -0.443. The number of halogens is 4. The molecule has 0 saturated heterocycles. The van der Waals surface area contributed by atoms with Crippen LogP contribution in [0.15, 0.2) is 68.6 Å². The van der Waals surface area contributed by atoms with Crippen LogP contribution in [0.2, 0.25) is 0 Å². The first-order valence-electron chi connectivity index (χ1n) is 9.04. The lowest BCUT2D eigenvalue weighted by Crippen LogP contribution is -2.24. The second-order valence-corrected chi connectivity index (χ2v) is 9.39. The molecule has 0 fully saturated rings. The summed E-state index contributed by atoms with van der Waals surface area (Å²) < 4.78 is 21.7. The molecular formula is C22H17Br2FIN3O2. The summed E-state index contributed by atoms with van der Waals surface area (Å²) in [4.78, 5) is 12.0. The van der Waals surface area contributed by atoms with Crippen LogP contribution in [0.3, 0.4) is 0 Å². The van der Waals surface area contributed by atoms with Gasteiger partial charge >= 0.3 is 6.03 Å². The van der Waals surface area contributed by atoms with E-state index in [1.165, 1.54) is 18.3 Å². The predicted molar refractivity (Wildman–Crippen MR) is 136 cm³/mol. The van der Waals surface area contributed by atoms with Crippen LogP contribution in [0.5, 0.6) is 5.75 Å². The Morgan fingerprint density at radius 3 is 2.68 bits per heavy atom. The number of amides is 2. The van der Waals surface area contributed by atoms with E-state index in [4.69, 9.17) is 4.74 Å². The number of hydrogen-bond acceptors (Lipinski definition) is 3. The number of hydrazone groups is 1. The fourth-order valence-electron chi connectivity index (χ4n) is 2.62. The van der Waals surface area contributed by atoms with Gasteiger partial charge in [0.05, 0.1) is 14.3 Å². The van der Waals surface area contributed by atoms with Gasteiger partial charge in [0.25, 0.3) is 0 Å². The maximum absolute atomic E-state index is 13.3. The highest BCUT2D eigenvalue weighted by molar-refractivity contribution is 14.1. The maximum atomic E-state index is 13.3. The Labute approximate surface area is 209 Å². The molecule has 5 nitrogen and oxygen atoms in total. The number of carbonyl (C=O) groups excluding carboxylic acids is 1. The van der Waals surface area contributed by atoms with Gasteiger partial charge in [-0.1, -0.05) is 28.1 Å². The van der Waals surface area contributed by atoms with Crippen LogP contribution in [-0.4, -0.2) is 12.2 Å². The molecule has 0 atom stereocenters. The topological polar surface area (TPSA) is 62.7 Å². The van der Waals surface area contributed by atoms with Gasteiger partial charge in [-0.25, -0.2) is 14.6 Å². The van der Waals surface area contributed by atoms with E-state index in [0.29, 0.717) is 11.4 Å². The highest BCUT2D eigenvalue weighted by atomic mass is 127. The van der Waals surface area contributed by atoms with Gasteiger partial charge in [0.1, 0.15) is 18.2 Å². The Bertz CT molecular complexity index is 1120. The van der Waals surface area contributed by atoms with Crippen molar-refractivity contribution in [3.8, 4) is 5.75 Å². The molecule has 0 spiro atoms. The van der Waals surface area contributed by atoms with E-state index in [2.05, 4.69) is 70.3 Å². The van der Waals surface area contributed by atoms with Crippen molar-refractivity contribution in [2.24, 2.45) is 5.10 Å². The number of ether oxygens (including phenoxy) is 1. The Balaban J connectivity index is 1.59. The SMILES string of the molecule is Cc1cc(NC(=O)N/N=C/c2cc(Br)c(OCc3cccc(F)c3)c(I)c2)ccc1Br. The summed E-state index contributed by atoms with van der Waals surface area (Å²) in [6.07, 6.45) is 1.54. The second kappa shape index (κ2) is 11.1. The van der Waals surface area contributed by atoms with E-state index in [1.807, 2.05) is 31.2 Å². The van der Waals surface area contributed by atoms with Crippen molar-refractivity contribution in [2.75, 3.05) is 5.32 Å². The lowest BCUT2D eigenvalue weighted by atomic mass is 10.2. The van der Waals surface area contributed by atoms with E-state index < -0.39 is 6.03 Å². The molecule has 0 aromatic heterocycles. The van der Waals surface area contributed by atoms with Gasteiger partial charge in [-0.15, -0.1) is 0 Å². The molecule has 2 N–H and O–H groups in total. The Hall–Kier alpha value is -1.98. The molecule has 0 aliphatic rings. The lowest BCUT2D eigenvalue weighted by Gasteiger charge is -2.11. The minimum Gasteiger partial charge on any atom is -0.487 e.